The molecular formula is C17H27N3O3. The molecule has 2 heterocycles. The van der Waals surface area contributed by atoms with Crippen molar-refractivity contribution in [2.24, 2.45) is 7.05 Å². The van der Waals surface area contributed by atoms with Gasteiger partial charge < -0.3 is 9.64 Å². The lowest BCUT2D eigenvalue weighted by molar-refractivity contribution is -0.00305. The van der Waals surface area contributed by atoms with E-state index in [1.165, 1.54) is 0 Å². The van der Waals surface area contributed by atoms with Crippen LogP contribution in [0.15, 0.2) is 12.4 Å². The van der Waals surface area contributed by atoms with Crippen LogP contribution in [0.1, 0.15) is 63.7 Å². The number of ether oxygens (including phenoxy) is 1. The van der Waals surface area contributed by atoms with Gasteiger partial charge in [-0.3, -0.25) is 9.48 Å². The maximum Gasteiger partial charge on any atom is 0.410 e. The number of likely N-dealkylation sites (tertiary alicyclic amines) is 1. The maximum atomic E-state index is 12.5. The summed E-state index contributed by atoms with van der Waals surface area (Å²) in [5.41, 5.74) is 0.0569. The molecule has 0 N–H and O–H groups in total. The van der Waals surface area contributed by atoms with Crippen LogP contribution in [0, 0.1) is 0 Å². The molecule has 1 aliphatic heterocycles. The van der Waals surface area contributed by atoms with Crippen molar-refractivity contribution in [1.29, 1.82) is 0 Å². The highest BCUT2D eigenvalue weighted by Crippen LogP contribution is 2.28. The molecule has 1 aromatic heterocycles. The van der Waals surface area contributed by atoms with Crippen LogP contribution in [0.2, 0.25) is 0 Å². The third-order valence-electron chi connectivity index (χ3n) is 4.08. The number of aryl methyl sites for hydroxylation is 1. The Balaban J connectivity index is 2.10. The minimum absolute atomic E-state index is 0.0192. The lowest BCUT2D eigenvalue weighted by Crippen LogP contribution is -2.51. The van der Waals surface area contributed by atoms with Gasteiger partial charge >= 0.3 is 6.09 Å². The standard InChI is InChI=1S/C17H27N3O3/c1-12-7-6-8-14(20(12)16(22)23-17(2,3)4)9-15(21)13-10-18-19(5)11-13/h10-12,14H,6-9H2,1-5H3. The first-order valence-corrected chi connectivity index (χ1v) is 8.20. The number of hydrogen-bond acceptors (Lipinski definition) is 4. The second kappa shape index (κ2) is 6.72. The smallest absolute Gasteiger partial charge is 0.410 e. The van der Waals surface area contributed by atoms with Crippen LogP contribution in [0.4, 0.5) is 4.79 Å². The molecule has 2 atom stereocenters. The second-order valence-electron chi connectivity index (χ2n) is 7.35. The molecule has 2 rings (SSSR count). The van der Waals surface area contributed by atoms with Gasteiger partial charge in [0.25, 0.3) is 0 Å². The first-order chi connectivity index (χ1) is 10.7. The van der Waals surface area contributed by atoms with Crippen LogP contribution in [0.25, 0.3) is 0 Å². The Kier molecular flexibility index (Phi) is 5.12. The Hall–Kier alpha value is -1.85. The zero-order valence-electron chi connectivity index (χ0n) is 14.7. The van der Waals surface area contributed by atoms with Crippen LogP contribution < -0.4 is 0 Å². The van der Waals surface area contributed by atoms with E-state index < -0.39 is 5.60 Å². The van der Waals surface area contributed by atoms with Gasteiger partial charge in [0.15, 0.2) is 5.78 Å². The highest BCUT2D eigenvalue weighted by molar-refractivity contribution is 5.96. The largest absolute Gasteiger partial charge is 0.444 e. The average Bonchev–Trinajstić information content (AvgIpc) is 2.83. The van der Waals surface area contributed by atoms with Crippen molar-refractivity contribution < 1.29 is 14.3 Å². The second-order valence-corrected chi connectivity index (χ2v) is 7.35. The molecule has 0 saturated carbocycles. The number of aromatic nitrogens is 2. The van der Waals surface area contributed by atoms with Gasteiger partial charge in [-0.15, -0.1) is 0 Å². The molecule has 128 valence electrons. The van der Waals surface area contributed by atoms with Crippen molar-refractivity contribution in [2.75, 3.05) is 0 Å². The summed E-state index contributed by atoms with van der Waals surface area (Å²) in [6.45, 7) is 7.59. The highest BCUT2D eigenvalue weighted by Gasteiger charge is 2.35. The molecular weight excluding hydrogens is 294 g/mol. The number of carbonyl (C=O) groups excluding carboxylic acids is 2. The van der Waals surface area contributed by atoms with Crippen molar-refractivity contribution in [1.82, 2.24) is 14.7 Å². The molecule has 1 fully saturated rings. The monoisotopic (exact) mass is 321 g/mol. The normalized spacial score (nSPS) is 22.0. The predicted octanol–water partition coefficient (Wildman–Crippen LogP) is 3.17. The van der Waals surface area contributed by atoms with Crippen LogP contribution in [-0.2, 0) is 11.8 Å². The van der Waals surface area contributed by atoms with Gasteiger partial charge in [-0.2, -0.15) is 5.10 Å². The first-order valence-electron chi connectivity index (χ1n) is 8.20. The molecule has 0 aliphatic carbocycles. The Bertz CT molecular complexity index is 574. The van der Waals surface area contributed by atoms with Gasteiger partial charge in [-0.25, -0.2) is 4.79 Å². The third kappa shape index (κ3) is 4.56. The molecule has 0 bridgehead atoms. The Labute approximate surface area is 137 Å². The molecule has 23 heavy (non-hydrogen) atoms. The molecule has 1 aliphatic rings. The van der Waals surface area contributed by atoms with Crippen molar-refractivity contribution >= 4 is 11.9 Å². The molecule has 0 spiro atoms. The molecule has 6 heteroatoms. The minimum atomic E-state index is -0.536. The Morgan fingerprint density at radius 3 is 2.61 bits per heavy atom. The van der Waals surface area contributed by atoms with Gasteiger partial charge in [-0.05, 0) is 47.0 Å². The number of ketones is 1. The topological polar surface area (TPSA) is 64.4 Å². The molecule has 2 unspecified atom stereocenters. The van der Waals surface area contributed by atoms with E-state index in [1.807, 2.05) is 27.7 Å². The third-order valence-corrected chi connectivity index (χ3v) is 4.08. The van der Waals surface area contributed by atoms with Crippen LogP contribution >= 0.6 is 0 Å². The molecule has 1 saturated heterocycles. The number of rotatable bonds is 3. The van der Waals surface area contributed by atoms with E-state index in [-0.39, 0.29) is 24.0 Å². The quantitative estimate of drug-likeness (QED) is 0.802. The van der Waals surface area contributed by atoms with E-state index >= 15 is 0 Å². The summed E-state index contributed by atoms with van der Waals surface area (Å²) in [5, 5.41) is 4.04. The highest BCUT2D eigenvalue weighted by atomic mass is 16.6. The maximum absolute atomic E-state index is 12.5. The van der Waals surface area contributed by atoms with Crippen LogP contribution in [0.3, 0.4) is 0 Å². The fourth-order valence-corrected chi connectivity index (χ4v) is 3.03. The van der Waals surface area contributed by atoms with Gasteiger partial charge in [0, 0.05) is 31.7 Å². The van der Waals surface area contributed by atoms with E-state index in [0.717, 1.165) is 19.3 Å². The van der Waals surface area contributed by atoms with Gasteiger partial charge in [-0.1, -0.05) is 0 Å². The zero-order chi connectivity index (χ0) is 17.2. The van der Waals surface area contributed by atoms with E-state index in [9.17, 15) is 9.59 Å². The van der Waals surface area contributed by atoms with E-state index in [1.54, 1.807) is 29.0 Å². The Morgan fingerprint density at radius 1 is 1.35 bits per heavy atom. The first kappa shape index (κ1) is 17.5. The average molecular weight is 321 g/mol. The van der Waals surface area contributed by atoms with Crippen molar-refractivity contribution in [3.8, 4) is 0 Å². The number of nitrogens with zero attached hydrogens (tertiary/aromatic N) is 3. The lowest BCUT2D eigenvalue weighted by atomic mass is 9.92. The number of piperidine rings is 1. The molecule has 0 radical (unpaired) electrons. The zero-order valence-corrected chi connectivity index (χ0v) is 14.7. The number of amides is 1. The number of carbonyl (C=O) groups is 2. The molecule has 1 aromatic rings. The summed E-state index contributed by atoms with van der Waals surface area (Å²) < 4.78 is 7.14. The van der Waals surface area contributed by atoms with E-state index in [0.29, 0.717) is 12.0 Å². The van der Waals surface area contributed by atoms with E-state index in [4.69, 9.17) is 4.74 Å². The molecule has 6 nitrogen and oxygen atoms in total. The molecule has 1 amide bonds. The van der Waals surface area contributed by atoms with Crippen LogP contribution in [0.5, 0.6) is 0 Å². The van der Waals surface area contributed by atoms with Gasteiger partial charge in [0.05, 0.1) is 11.8 Å². The predicted molar refractivity (Wildman–Crippen MR) is 87.3 cm³/mol. The van der Waals surface area contributed by atoms with Gasteiger partial charge in [0.1, 0.15) is 5.60 Å². The van der Waals surface area contributed by atoms with Gasteiger partial charge in [0.2, 0.25) is 0 Å². The fraction of sp³-hybridized carbons (Fsp3) is 0.706. The van der Waals surface area contributed by atoms with Crippen molar-refractivity contribution in [3.63, 3.8) is 0 Å². The summed E-state index contributed by atoms with van der Waals surface area (Å²) in [5.74, 6) is 0.0192. The van der Waals surface area contributed by atoms with Crippen molar-refractivity contribution in [2.45, 2.75) is 71.1 Å². The fourth-order valence-electron chi connectivity index (χ4n) is 3.03. The lowest BCUT2D eigenvalue weighted by Gasteiger charge is -2.41. The van der Waals surface area contributed by atoms with Crippen molar-refractivity contribution in [3.05, 3.63) is 18.0 Å². The number of hydrogen-bond donors (Lipinski definition) is 0. The number of Topliss-reactive ketones (excluding diaryl/α,β-unsaturated/α-hetero) is 1. The van der Waals surface area contributed by atoms with Crippen LogP contribution in [-0.4, -0.2) is 44.2 Å². The summed E-state index contributed by atoms with van der Waals surface area (Å²) in [6, 6.07) is -0.0217. The summed E-state index contributed by atoms with van der Waals surface area (Å²) in [7, 11) is 1.78. The molecule has 0 aromatic carbocycles. The summed E-state index contributed by atoms with van der Waals surface area (Å²) in [6.07, 6.45) is 6.07. The summed E-state index contributed by atoms with van der Waals surface area (Å²) >= 11 is 0. The Morgan fingerprint density at radius 2 is 2.04 bits per heavy atom. The SMILES string of the molecule is CC1CCCC(CC(=O)c2cnn(C)c2)N1C(=O)OC(C)(C)C. The minimum Gasteiger partial charge on any atom is -0.444 e. The summed E-state index contributed by atoms with van der Waals surface area (Å²) in [4.78, 5) is 26.7. The van der Waals surface area contributed by atoms with E-state index in [2.05, 4.69) is 5.10 Å².